The highest BCUT2D eigenvalue weighted by atomic mass is 16.7. The van der Waals surface area contributed by atoms with Gasteiger partial charge in [0.15, 0.2) is 17.3 Å². The molecule has 1 amide bonds. The molecule has 0 saturated carbocycles. The van der Waals surface area contributed by atoms with Gasteiger partial charge in [0.1, 0.15) is 5.75 Å². The predicted octanol–water partition coefficient (Wildman–Crippen LogP) is 2.47. The molecule has 1 spiro atoms. The van der Waals surface area contributed by atoms with E-state index in [0.29, 0.717) is 25.5 Å². The molecule has 8 nitrogen and oxygen atoms in total. The van der Waals surface area contributed by atoms with Gasteiger partial charge in [0.05, 0.1) is 19.8 Å². The number of nitrogens with one attached hydrogen (secondary N) is 1. The maximum atomic E-state index is 12.4. The first-order valence-electron chi connectivity index (χ1n) is 9.58. The Morgan fingerprint density at radius 3 is 2.43 bits per heavy atom. The molecule has 2 saturated heterocycles. The van der Waals surface area contributed by atoms with E-state index in [-0.39, 0.29) is 11.6 Å². The van der Waals surface area contributed by atoms with Gasteiger partial charge in [0.25, 0.3) is 5.91 Å². The Morgan fingerprint density at radius 2 is 1.82 bits per heavy atom. The number of benzene rings is 1. The monoisotopic (exact) mass is 384 g/mol. The van der Waals surface area contributed by atoms with Crippen LogP contribution in [0.4, 0.5) is 11.5 Å². The largest absolute Gasteiger partial charge is 0.494 e. The lowest BCUT2D eigenvalue weighted by molar-refractivity contribution is -0.169. The summed E-state index contributed by atoms with van der Waals surface area (Å²) >= 11 is 0. The van der Waals surface area contributed by atoms with E-state index in [2.05, 4.69) is 20.4 Å². The second-order valence-electron chi connectivity index (χ2n) is 6.78. The number of carbonyl (C=O) groups is 1. The van der Waals surface area contributed by atoms with Gasteiger partial charge in [0.2, 0.25) is 0 Å². The average Bonchev–Trinajstić information content (AvgIpc) is 3.18. The van der Waals surface area contributed by atoms with Crippen molar-refractivity contribution in [2.45, 2.75) is 25.6 Å². The molecule has 2 fully saturated rings. The fourth-order valence-corrected chi connectivity index (χ4v) is 3.47. The van der Waals surface area contributed by atoms with Gasteiger partial charge >= 0.3 is 0 Å². The lowest BCUT2D eigenvalue weighted by atomic mass is 10.0. The van der Waals surface area contributed by atoms with Crippen LogP contribution in [0.2, 0.25) is 0 Å². The van der Waals surface area contributed by atoms with Crippen LogP contribution in [-0.4, -0.2) is 54.8 Å². The Balaban J connectivity index is 1.34. The predicted molar refractivity (Wildman–Crippen MR) is 104 cm³/mol. The lowest BCUT2D eigenvalue weighted by Crippen LogP contribution is -2.45. The molecule has 2 aliphatic heterocycles. The van der Waals surface area contributed by atoms with Gasteiger partial charge in [-0.1, -0.05) is 0 Å². The van der Waals surface area contributed by atoms with Crippen molar-refractivity contribution in [2.75, 3.05) is 43.1 Å². The van der Waals surface area contributed by atoms with Crippen LogP contribution in [-0.2, 0) is 9.47 Å². The number of amides is 1. The maximum absolute atomic E-state index is 12.4. The van der Waals surface area contributed by atoms with Gasteiger partial charge in [-0.05, 0) is 43.3 Å². The van der Waals surface area contributed by atoms with Crippen LogP contribution in [0.15, 0.2) is 36.4 Å². The number of aromatic nitrogens is 2. The fraction of sp³-hybridized carbons (Fsp3) is 0.450. The molecule has 2 aromatic rings. The smallest absolute Gasteiger partial charge is 0.276 e. The van der Waals surface area contributed by atoms with Crippen molar-refractivity contribution < 1.29 is 19.0 Å². The molecule has 0 aliphatic carbocycles. The molecule has 3 heterocycles. The molecule has 0 atom stereocenters. The molecular formula is C20H24N4O4. The van der Waals surface area contributed by atoms with Crippen LogP contribution >= 0.6 is 0 Å². The quantitative estimate of drug-likeness (QED) is 0.847. The number of carbonyl (C=O) groups excluding carboxylic acids is 1. The number of hydrogen-bond acceptors (Lipinski definition) is 7. The topological polar surface area (TPSA) is 85.8 Å². The number of piperidine rings is 1. The third kappa shape index (κ3) is 4.07. The van der Waals surface area contributed by atoms with E-state index in [1.165, 1.54) is 0 Å². The lowest BCUT2D eigenvalue weighted by Gasteiger charge is -2.37. The summed E-state index contributed by atoms with van der Waals surface area (Å²) in [6, 6.07) is 10.7. The summed E-state index contributed by atoms with van der Waals surface area (Å²) in [5.41, 5.74) is 0.950. The summed E-state index contributed by atoms with van der Waals surface area (Å²) in [5.74, 6) is 0.807. The normalized spacial score (nSPS) is 18.2. The van der Waals surface area contributed by atoms with Crippen LogP contribution in [0.1, 0.15) is 30.3 Å². The summed E-state index contributed by atoms with van der Waals surface area (Å²) in [7, 11) is 0. The Hall–Kier alpha value is -2.71. The van der Waals surface area contributed by atoms with Crippen molar-refractivity contribution in [1.82, 2.24) is 10.2 Å². The second-order valence-corrected chi connectivity index (χ2v) is 6.78. The standard InChI is InChI=1S/C20H24N4O4/c1-2-26-16-5-3-15(4-6-16)21-19(25)17-7-8-18(23-22-17)24-11-9-20(10-12-24)27-13-14-28-20/h3-8H,2,9-14H2,1H3,(H,21,25). The molecule has 28 heavy (non-hydrogen) atoms. The Labute approximate surface area is 163 Å². The Morgan fingerprint density at radius 1 is 1.11 bits per heavy atom. The van der Waals surface area contributed by atoms with Crippen molar-refractivity contribution >= 4 is 17.4 Å². The zero-order chi connectivity index (χ0) is 19.4. The van der Waals surface area contributed by atoms with Gasteiger partial charge in [-0.25, -0.2) is 0 Å². The summed E-state index contributed by atoms with van der Waals surface area (Å²) < 4.78 is 16.9. The molecular weight excluding hydrogens is 360 g/mol. The van der Waals surface area contributed by atoms with E-state index in [4.69, 9.17) is 14.2 Å². The van der Waals surface area contributed by atoms with E-state index in [0.717, 1.165) is 37.5 Å². The SMILES string of the molecule is CCOc1ccc(NC(=O)c2ccc(N3CCC4(CC3)OCCO4)nn2)cc1. The number of nitrogens with zero attached hydrogens (tertiary/aromatic N) is 3. The van der Waals surface area contributed by atoms with E-state index in [1.54, 1.807) is 18.2 Å². The van der Waals surface area contributed by atoms with E-state index < -0.39 is 5.79 Å². The molecule has 1 aromatic carbocycles. The number of rotatable bonds is 5. The van der Waals surface area contributed by atoms with Crippen LogP contribution in [0.25, 0.3) is 0 Å². The average molecular weight is 384 g/mol. The first-order chi connectivity index (χ1) is 13.7. The second kappa shape index (κ2) is 8.12. The third-order valence-electron chi connectivity index (χ3n) is 4.97. The first kappa shape index (κ1) is 18.6. The minimum absolute atomic E-state index is 0.272. The van der Waals surface area contributed by atoms with E-state index in [9.17, 15) is 4.79 Å². The van der Waals surface area contributed by atoms with Crippen molar-refractivity contribution in [3.05, 3.63) is 42.1 Å². The highest BCUT2D eigenvalue weighted by Gasteiger charge is 2.40. The molecule has 0 bridgehead atoms. The van der Waals surface area contributed by atoms with Gasteiger partial charge in [0, 0.05) is 31.6 Å². The molecule has 0 radical (unpaired) electrons. The maximum Gasteiger partial charge on any atom is 0.276 e. The summed E-state index contributed by atoms with van der Waals surface area (Å²) in [5, 5.41) is 11.1. The van der Waals surface area contributed by atoms with Crippen molar-refractivity contribution in [2.24, 2.45) is 0 Å². The molecule has 2 aliphatic rings. The van der Waals surface area contributed by atoms with Gasteiger partial charge in [-0.2, -0.15) is 0 Å². The van der Waals surface area contributed by atoms with Crippen LogP contribution in [0.3, 0.4) is 0 Å². The van der Waals surface area contributed by atoms with Crippen molar-refractivity contribution in [3.8, 4) is 5.75 Å². The minimum atomic E-state index is -0.415. The highest BCUT2D eigenvalue weighted by molar-refractivity contribution is 6.02. The van der Waals surface area contributed by atoms with Gasteiger partial charge < -0.3 is 24.4 Å². The van der Waals surface area contributed by atoms with Crippen molar-refractivity contribution in [3.63, 3.8) is 0 Å². The van der Waals surface area contributed by atoms with E-state index in [1.807, 2.05) is 25.1 Å². The summed E-state index contributed by atoms with van der Waals surface area (Å²) in [4.78, 5) is 14.5. The minimum Gasteiger partial charge on any atom is -0.494 e. The Kier molecular flexibility index (Phi) is 5.40. The number of anilines is 2. The number of hydrogen-bond donors (Lipinski definition) is 1. The fourth-order valence-electron chi connectivity index (χ4n) is 3.47. The summed E-state index contributed by atoms with van der Waals surface area (Å²) in [6.07, 6.45) is 1.60. The highest BCUT2D eigenvalue weighted by Crippen LogP contribution is 2.32. The molecule has 1 aromatic heterocycles. The van der Waals surface area contributed by atoms with Gasteiger partial charge in [-0.3, -0.25) is 4.79 Å². The van der Waals surface area contributed by atoms with Crippen LogP contribution in [0.5, 0.6) is 5.75 Å². The molecule has 8 heteroatoms. The zero-order valence-corrected chi connectivity index (χ0v) is 15.9. The van der Waals surface area contributed by atoms with E-state index >= 15 is 0 Å². The third-order valence-corrected chi connectivity index (χ3v) is 4.97. The molecule has 148 valence electrons. The summed E-state index contributed by atoms with van der Waals surface area (Å²) in [6.45, 7) is 5.43. The Bertz CT molecular complexity index is 794. The first-order valence-corrected chi connectivity index (χ1v) is 9.58. The van der Waals surface area contributed by atoms with Crippen molar-refractivity contribution in [1.29, 1.82) is 0 Å². The molecule has 1 N–H and O–H groups in total. The number of ether oxygens (including phenoxy) is 3. The van der Waals surface area contributed by atoms with Gasteiger partial charge in [-0.15, -0.1) is 10.2 Å². The van der Waals surface area contributed by atoms with Crippen LogP contribution < -0.4 is 15.0 Å². The molecule has 0 unspecified atom stereocenters. The zero-order valence-electron chi connectivity index (χ0n) is 15.9. The molecule has 4 rings (SSSR count). The van der Waals surface area contributed by atoms with Crippen LogP contribution in [0, 0.1) is 0 Å².